The van der Waals surface area contributed by atoms with E-state index < -0.39 is 10.0 Å². The van der Waals surface area contributed by atoms with Crippen molar-refractivity contribution in [3.63, 3.8) is 0 Å². The molecule has 6 nitrogen and oxygen atoms in total. The van der Waals surface area contributed by atoms with Gasteiger partial charge in [-0.25, -0.2) is 13.6 Å². The van der Waals surface area contributed by atoms with Crippen LogP contribution < -0.4 is 10.9 Å². The number of halogens is 1. The van der Waals surface area contributed by atoms with Gasteiger partial charge in [-0.1, -0.05) is 42.5 Å². The summed E-state index contributed by atoms with van der Waals surface area (Å²) in [6.07, 6.45) is 0. The first-order chi connectivity index (χ1) is 11.8. The molecule has 2 atom stereocenters. The van der Waals surface area contributed by atoms with Crippen LogP contribution in [0.4, 0.5) is 0 Å². The van der Waals surface area contributed by atoms with Crippen LogP contribution in [0.3, 0.4) is 0 Å². The molecule has 1 aliphatic heterocycles. The van der Waals surface area contributed by atoms with Gasteiger partial charge in [-0.05, 0) is 23.3 Å². The molecule has 1 heterocycles. The highest BCUT2D eigenvalue weighted by atomic mass is 35.5. The Morgan fingerprint density at radius 1 is 1.04 bits per heavy atom. The molecule has 1 amide bonds. The number of hydrogen-bond donors (Lipinski definition) is 2. The van der Waals surface area contributed by atoms with E-state index in [1.807, 2.05) is 30.3 Å². The number of nitrogens with two attached hydrogens (primary N) is 2. The van der Waals surface area contributed by atoms with E-state index in [0.717, 1.165) is 5.56 Å². The minimum Gasteiger partial charge on any atom is -0.336 e. The van der Waals surface area contributed by atoms with Gasteiger partial charge in [-0.15, -0.1) is 12.4 Å². The number of nitrogens with zero attached hydrogens (tertiary/aromatic N) is 1. The summed E-state index contributed by atoms with van der Waals surface area (Å²) >= 11 is 0. The molecule has 26 heavy (non-hydrogen) atoms. The molecular formula is C18H22ClN3O3S. The molecule has 2 aromatic carbocycles. The zero-order valence-corrected chi connectivity index (χ0v) is 15.7. The number of primary sulfonamides is 1. The van der Waals surface area contributed by atoms with E-state index in [2.05, 4.69) is 0 Å². The Balaban J connectivity index is 0.00000243. The molecule has 140 valence electrons. The summed E-state index contributed by atoms with van der Waals surface area (Å²) in [5.41, 5.74) is 8.44. The highest BCUT2D eigenvalue weighted by molar-refractivity contribution is 7.88. The third kappa shape index (κ3) is 4.82. The van der Waals surface area contributed by atoms with E-state index in [1.165, 1.54) is 0 Å². The van der Waals surface area contributed by atoms with Crippen molar-refractivity contribution in [2.45, 2.75) is 17.7 Å². The smallest absolute Gasteiger partial charge is 0.253 e. The molecule has 1 aliphatic rings. The molecule has 0 radical (unpaired) electrons. The molecule has 4 N–H and O–H groups in total. The Labute approximate surface area is 159 Å². The molecule has 3 rings (SSSR count). The number of likely N-dealkylation sites (tertiary alicyclic amines) is 1. The van der Waals surface area contributed by atoms with Crippen LogP contribution in [-0.2, 0) is 15.8 Å². The number of carbonyl (C=O) groups is 1. The Hall–Kier alpha value is -1.93. The fourth-order valence-corrected chi connectivity index (χ4v) is 3.86. The van der Waals surface area contributed by atoms with Crippen LogP contribution in [0.15, 0.2) is 54.6 Å². The van der Waals surface area contributed by atoms with E-state index in [1.54, 1.807) is 29.2 Å². The van der Waals surface area contributed by atoms with Crippen LogP contribution in [0.2, 0.25) is 0 Å². The van der Waals surface area contributed by atoms with Crippen LogP contribution in [0.25, 0.3) is 0 Å². The summed E-state index contributed by atoms with van der Waals surface area (Å²) in [5, 5.41) is 5.03. The van der Waals surface area contributed by atoms with Gasteiger partial charge in [0.1, 0.15) is 0 Å². The summed E-state index contributed by atoms with van der Waals surface area (Å²) in [7, 11) is -3.58. The maximum atomic E-state index is 12.7. The summed E-state index contributed by atoms with van der Waals surface area (Å²) in [4.78, 5) is 14.4. The largest absolute Gasteiger partial charge is 0.336 e. The van der Waals surface area contributed by atoms with Crippen molar-refractivity contribution < 1.29 is 13.2 Å². The number of hydrogen-bond acceptors (Lipinski definition) is 4. The molecule has 0 unspecified atom stereocenters. The van der Waals surface area contributed by atoms with Crippen LogP contribution >= 0.6 is 12.4 Å². The summed E-state index contributed by atoms with van der Waals surface area (Å²) < 4.78 is 22.2. The third-order valence-corrected chi connectivity index (χ3v) is 5.18. The molecule has 0 spiro atoms. The van der Waals surface area contributed by atoms with Crippen molar-refractivity contribution in [1.82, 2.24) is 4.90 Å². The zero-order chi connectivity index (χ0) is 18.0. The topological polar surface area (TPSA) is 106 Å². The second kappa shape index (κ2) is 8.18. The van der Waals surface area contributed by atoms with Crippen molar-refractivity contribution >= 4 is 28.3 Å². The Morgan fingerprint density at radius 2 is 1.65 bits per heavy atom. The minimum atomic E-state index is -3.58. The zero-order valence-electron chi connectivity index (χ0n) is 14.1. The van der Waals surface area contributed by atoms with Gasteiger partial charge in [0, 0.05) is 30.6 Å². The molecule has 0 bridgehead atoms. The van der Waals surface area contributed by atoms with Gasteiger partial charge >= 0.3 is 0 Å². The molecule has 0 aromatic heterocycles. The number of carbonyl (C=O) groups excluding carboxylic acids is 1. The van der Waals surface area contributed by atoms with Gasteiger partial charge in [0.05, 0.1) is 5.75 Å². The predicted molar refractivity (Wildman–Crippen MR) is 104 cm³/mol. The van der Waals surface area contributed by atoms with E-state index in [0.29, 0.717) is 24.2 Å². The van der Waals surface area contributed by atoms with Gasteiger partial charge in [-0.2, -0.15) is 0 Å². The minimum absolute atomic E-state index is 0. The van der Waals surface area contributed by atoms with Gasteiger partial charge < -0.3 is 10.6 Å². The number of benzene rings is 2. The number of rotatable bonds is 4. The van der Waals surface area contributed by atoms with E-state index in [4.69, 9.17) is 10.9 Å². The highest BCUT2D eigenvalue weighted by Gasteiger charge is 2.34. The van der Waals surface area contributed by atoms with Crippen molar-refractivity contribution in [2.24, 2.45) is 10.9 Å². The van der Waals surface area contributed by atoms with Gasteiger partial charge in [0.2, 0.25) is 10.0 Å². The predicted octanol–water partition coefficient (Wildman–Crippen LogP) is 1.46. The van der Waals surface area contributed by atoms with Gasteiger partial charge in [-0.3, -0.25) is 4.79 Å². The maximum absolute atomic E-state index is 12.7. The Morgan fingerprint density at radius 3 is 2.23 bits per heavy atom. The SMILES string of the molecule is Cl.N[C@@H]1CN(C(=O)c2ccc(CS(N)(=O)=O)cc2)C[C@H]1c1ccccc1. The third-order valence-electron chi connectivity index (χ3n) is 4.45. The molecule has 2 aromatic rings. The first-order valence-corrected chi connectivity index (χ1v) is 9.74. The van der Waals surface area contributed by atoms with Crippen LogP contribution in [-0.4, -0.2) is 38.4 Å². The molecule has 0 saturated carbocycles. The second-order valence-electron chi connectivity index (χ2n) is 6.40. The van der Waals surface area contributed by atoms with Crippen molar-refractivity contribution in [2.75, 3.05) is 13.1 Å². The second-order valence-corrected chi connectivity index (χ2v) is 8.01. The quantitative estimate of drug-likeness (QED) is 0.817. The van der Waals surface area contributed by atoms with E-state index >= 15 is 0 Å². The fourth-order valence-electron chi connectivity index (χ4n) is 3.21. The Kier molecular flexibility index (Phi) is 6.41. The lowest BCUT2D eigenvalue weighted by atomic mass is 9.95. The highest BCUT2D eigenvalue weighted by Crippen LogP contribution is 2.27. The lowest BCUT2D eigenvalue weighted by Crippen LogP contribution is -2.32. The van der Waals surface area contributed by atoms with Crippen molar-refractivity contribution in [3.8, 4) is 0 Å². The fraction of sp³-hybridized carbons (Fsp3) is 0.278. The first-order valence-electron chi connectivity index (χ1n) is 8.03. The van der Waals surface area contributed by atoms with Gasteiger partial charge in [0.25, 0.3) is 5.91 Å². The van der Waals surface area contributed by atoms with Crippen molar-refractivity contribution in [1.29, 1.82) is 0 Å². The molecule has 8 heteroatoms. The molecule has 1 fully saturated rings. The monoisotopic (exact) mass is 395 g/mol. The molecule has 1 saturated heterocycles. The van der Waals surface area contributed by atoms with Crippen molar-refractivity contribution in [3.05, 3.63) is 71.3 Å². The number of amides is 1. The van der Waals surface area contributed by atoms with Gasteiger partial charge in [0.15, 0.2) is 0 Å². The summed E-state index contributed by atoms with van der Waals surface area (Å²) in [5.74, 6) is -0.227. The first kappa shape index (κ1) is 20.4. The average molecular weight is 396 g/mol. The lowest BCUT2D eigenvalue weighted by molar-refractivity contribution is 0.0789. The lowest BCUT2D eigenvalue weighted by Gasteiger charge is -2.17. The van der Waals surface area contributed by atoms with Crippen LogP contribution in [0.5, 0.6) is 0 Å². The van der Waals surface area contributed by atoms with E-state index in [9.17, 15) is 13.2 Å². The average Bonchev–Trinajstić information content (AvgIpc) is 2.96. The van der Waals surface area contributed by atoms with Crippen LogP contribution in [0, 0.1) is 0 Å². The summed E-state index contributed by atoms with van der Waals surface area (Å²) in [6, 6.07) is 16.3. The molecular weight excluding hydrogens is 374 g/mol. The Bertz CT molecular complexity index is 857. The van der Waals surface area contributed by atoms with E-state index in [-0.39, 0.29) is 36.0 Å². The van der Waals surface area contributed by atoms with Crippen LogP contribution in [0.1, 0.15) is 27.4 Å². The standard InChI is InChI=1S/C18H21N3O3S.ClH/c19-17-11-21(10-16(17)14-4-2-1-3-5-14)18(22)15-8-6-13(7-9-15)12-25(20,23)24;/h1-9,16-17H,10-12,19H2,(H2,20,23,24);1H/t16-,17+;/m0./s1. The molecule has 0 aliphatic carbocycles. The summed E-state index contributed by atoms with van der Waals surface area (Å²) in [6.45, 7) is 1.07. The number of sulfonamides is 1. The maximum Gasteiger partial charge on any atom is 0.253 e. The normalized spacial score (nSPS) is 19.8.